The quantitative estimate of drug-likeness (QED) is 0.552. The number of imidazole rings is 1. The highest BCUT2D eigenvalue weighted by Gasteiger charge is 2.24. The highest BCUT2D eigenvalue weighted by Crippen LogP contribution is 2.35. The Hall–Kier alpha value is -3.14. The van der Waals surface area contributed by atoms with Crippen LogP contribution < -0.4 is 4.74 Å². The molecule has 1 aliphatic rings. The Labute approximate surface area is 171 Å². The van der Waals surface area contributed by atoms with Gasteiger partial charge in [0.05, 0.1) is 0 Å². The highest BCUT2D eigenvalue weighted by molar-refractivity contribution is 5.99. The number of Topliss-reactive ketones (excluding diaryl/α,β-unsaturated/α-hetero) is 1. The fourth-order valence-corrected chi connectivity index (χ4v) is 4.02. The molecule has 0 aliphatic heterocycles. The molecule has 0 saturated carbocycles. The van der Waals surface area contributed by atoms with E-state index in [4.69, 9.17) is 4.74 Å². The molecule has 148 valence electrons. The Bertz CT molecular complexity index is 1010. The first-order valence-corrected chi connectivity index (χ1v) is 10.1. The van der Waals surface area contributed by atoms with E-state index in [1.54, 1.807) is 6.20 Å². The number of carbonyl (C=O) groups is 1. The van der Waals surface area contributed by atoms with Gasteiger partial charge in [-0.2, -0.15) is 0 Å². The normalized spacial score (nSPS) is 14.3. The van der Waals surface area contributed by atoms with Crippen LogP contribution in [-0.2, 0) is 19.3 Å². The summed E-state index contributed by atoms with van der Waals surface area (Å²) in [4.78, 5) is 20.0. The monoisotopic (exact) mass is 386 g/mol. The minimum atomic E-state index is -0.177. The van der Waals surface area contributed by atoms with Crippen LogP contribution in [0.15, 0.2) is 67.0 Å². The number of rotatable bonds is 7. The van der Waals surface area contributed by atoms with Crippen molar-refractivity contribution in [3.05, 3.63) is 95.1 Å². The van der Waals surface area contributed by atoms with E-state index in [1.807, 2.05) is 43.5 Å². The molecule has 1 unspecified atom stereocenters. The van der Waals surface area contributed by atoms with E-state index in [0.29, 0.717) is 19.3 Å². The van der Waals surface area contributed by atoms with Crippen LogP contribution >= 0.6 is 0 Å². The number of ketones is 1. The number of benzene rings is 2. The molecule has 4 nitrogen and oxygen atoms in total. The maximum absolute atomic E-state index is 12.4. The van der Waals surface area contributed by atoms with Crippen LogP contribution in [0.3, 0.4) is 0 Å². The first kappa shape index (κ1) is 19.2. The second-order valence-corrected chi connectivity index (χ2v) is 7.74. The summed E-state index contributed by atoms with van der Waals surface area (Å²) >= 11 is 0. The lowest BCUT2D eigenvalue weighted by Gasteiger charge is -2.25. The minimum Gasteiger partial charge on any atom is -0.485 e. The Balaban J connectivity index is 1.73. The molecular formula is C25H26N2O2. The van der Waals surface area contributed by atoms with Gasteiger partial charge in [0.1, 0.15) is 17.7 Å². The van der Waals surface area contributed by atoms with Crippen LogP contribution in [0.4, 0.5) is 0 Å². The van der Waals surface area contributed by atoms with E-state index in [9.17, 15) is 4.79 Å². The predicted molar refractivity (Wildman–Crippen MR) is 114 cm³/mol. The number of H-pyrrole nitrogens is 1. The number of aromatic nitrogens is 2. The van der Waals surface area contributed by atoms with E-state index in [-0.39, 0.29) is 11.9 Å². The lowest BCUT2D eigenvalue weighted by atomic mass is 9.85. The van der Waals surface area contributed by atoms with E-state index in [0.717, 1.165) is 52.2 Å². The van der Waals surface area contributed by atoms with Crippen molar-refractivity contribution < 1.29 is 9.53 Å². The summed E-state index contributed by atoms with van der Waals surface area (Å²) in [7, 11) is 0. The lowest BCUT2D eigenvalue weighted by molar-refractivity contribution is 0.0972. The van der Waals surface area contributed by atoms with Crippen LogP contribution in [0.5, 0.6) is 5.75 Å². The van der Waals surface area contributed by atoms with E-state index >= 15 is 0 Å². The molecule has 0 amide bonds. The minimum absolute atomic E-state index is 0.177. The molecule has 1 heterocycles. The maximum Gasteiger partial charge on any atom is 0.163 e. The molecule has 0 saturated heterocycles. The molecule has 2 aromatic carbocycles. The summed E-state index contributed by atoms with van der Waals surface area (Å²) in [5.74, 6) is 1.95. The summed E-state index contributed by atoms with van der Waals surface area (Å²) in [5.41, 5.74) is 5.24. The number of hydrogen-bond acceptors (Lipinski definition) is 3. The molecule has 29 heavy (non-hydrogen) atoms. The van der Waals surface area contributed by atoms with Crippen molar-refractivity contribution in [3.8, 4) is 5.75 Å². The van der Waals surface area contributed by atoms with Crippen molar-refractivity contribution in [2.45, 2.75) is 45.1 Å². The summed E-state index contributed by atoms with van der Waals surface area (Å²) < 4.78 is 6.59. The molecule has 0 spiro atoms. The average Bonchev–Trinajstić information content (AvgIpc) is 3.23. The highest BCUT2D eigenvalue weighted by atomic mass is 16.5. The fourth-order valence-electron chi connectivity index (χ4n) is 4.02. The van der Waals surface area contributed by atoms with Crippen LogP contribution in [0.2, 0.25) is 0 Å². The third kappa shape index (κ3) is 4.32. The van der Waals surface area contributed by atoms with Gasteiger partial charge in [-0.05, 0) is 49.4 Å². The number of carbonyl (C=O) groups excluding carboxylic acids is 1. The van der Waals surface area contributed by atoms with Crippen LogP contribution in [0, 0.1) is 0 Å². The zero-order valence-corrected chi connectivity index (χ0v) is 16.8. The summed E-state index contributed by atoms with van der Waals surface area (Å²) in [6.07, 6.45) is 7.20. The number of hydrogen-bond donors (Lipinski definition) is 1. The van der Waals surface area contributed by atoms with Crippen LogP contribution in [0.1, 0.15) is 58.7 Å². The summed E-state index contributed by atoms with van der Waals surface area (Å²) in [5, 5.41) is 0. The third-order valence-corrected chi connectivity index (χ3v) is 5.37. The van der Waals surface area contributed by atoms with Gasteiger partial charge in [0.15, 0.2) is 5.78 Å². The average molecular weight is 386 g/mol. The third-order valence-electron chi connectivity index (χ3n) is 5.37. The molecule has 1 aromatic heterocycles. The SMILES string of the molecule is C=C(C)Cc1c(OC(Cc2ncc[nH]2)c2ccccc2)ccc2c1CCCC2=O. The molecule has 1 atom stereocenters. The Morgan fingerprint density at radius 1 is 1.21 bits per heavy atom. The maximum atomic E-state index is 12.4. The predicted octanol–water partition coefficient (Wildman–Crippen LogP) is 5.41. The van der Waals surface area contributed by atoms with Gasteiger partial charge in [0.2, 0.25) is 0 Å². The largest absolute Gasteiger partial charge is 0.485 e. The molecule has 0 fully saturated rings. The van der Waals surface area contributed by atoms with E-state index in [1.165, 1.54) is 0 Å². The topological polar surface area (TPSA) is 55.0 Å². The molecule has 4 heteroatoms. The first-order valence-electron chi connectivity index (χ1n) is 10.1. The van der Waals surface area contributed by atoms with Crippen molar-refractivity contribution >= 4 is 5.78 Å². The number of ether oxygens (including phenoxy) is 1. The molecule has 0 bridgehead atoms. The van der Waals surface area contributed by atoms with Gasteiger partial charge < -0.3 is 9.72 Å². The number of allylic oxidation sites excluding steroid dienone is 1. The van der Waals surface area contributed by atoms with Crippen molar-refractivity contribution in [1.29, 1.82) is 0 Å². The second-order valence-electron chi connectivity index (χ2n) is 7.74. The number of nitrogens with one attached hydrogen (secondary N) is 1. The number of nitrogens with zero attached hydrogens (tertiary/aromatic N) is 1. The standard InChI is InChI=1S/C25H26N2O2/c1-17(2)15-21-19-9-6-10-22(28)20(19)11-12-23(21)29-24(16-25-26-13-14-27-25)18-7-4-3-5-8-18/h3-5,7-8,11-14,24H,1,6,9-10,15-16H2,2H3,(H,26,27). The van der Waals surface area contributed by atoms with Crippen molar-refractivity contribution in [3.63, 3.8) is 0 Å². The van der Waals surface area contributed by atoms with E-state index < -0.39 is 0 Å². The van der Waals surface area contributed by atoms with Crippen molar-refractivity contribution in [1.82, 2.24) is 9.97 Å². The number of fused-ring (bicyclic) bond motifs is 1. The van der Waals surface area contributed by atoms with Crippen molar-refractivity contribution in [2.75, 3.05) is 0 Å². The smallest absolute Gasteiger partial charge is 0.163 e. The van der Waals surface area contributed by atoms with Crippen LogP contribution in [0.25, 0.3) is 0 Å². The Morgan fingerprint density at radius 3 is 2.76 bits per heavy atom. The van der Waals surface area contributed by atoms with Gasteiger partial charge in [-0.15, -0.1) is 0 Å². The summed E-state index contributed by atoms with van der Waals surface area (Å²) in [6.45, 7) is 6.12. The second kappa shape index (κ2) is 8.48. The van der Waals surface area contributed by atoms with Gasteiger partial charge in [-0.25, -0.2) is 4.98 Å². The number of aromatic amines is 1. The molecule has 4 rings (SSSR count). The van der Waals surface area contributed by atoms with Gasteiger partial charge in [-0.1, -0.05) is 42.5 Å². The lowest BCUT2D eigenvalue weighted by Crippen LogP contribution is -2.17. The molecule has 0 radical (unpaired) electrons. The van der Waals surface area contributed by atoms with Gasteiger partial charge in [0.25, 0.3) is 0 Å². The zero-order chi connectivity index (χ0) is 20.2. The van der Waals surface area contributed by atoms with E-state index in [2.05, 4.69) is 28.7 Å². The van der Waals surface area contributed by atoms with Gasteiger partial charge in [-0.3, -0.25) is 4.79 Å². The molecule has 3 aromatic rings. The molecular weight excluding hydrogens is 360 g/mol. The fraction of sp³-hybridized carbons (Fsp3) is 0.280. The summed E-state index contributed by atoms with van der Waals surface area (Å²) in [6, 6.07) is 14.1. The Kier molecular flexibility index (Phi) is 5.61. The molecule has 1 aliphatic carbocycles. The van der Waals surface area contributed by atoms with Gasteiger partial charge >= 0.3 is 0 Å². The van der Waals surface area contributed by atoms with Crippen LogP contribution in [-0.4, -0.2) is 15.8 Å². The molecule has 1 N–H and O–H groups in total. The van der Waals surface area contributed by atoms with Crippen molar-refractivity contribution in [2.24, 2.45) is 0 Å². The zero-order valence-electron chi connectivity index (χ0n) is 16.8. The van der Waals surface area contributed by atoms with Gasteiger partial charge in [0, 0.05) is 36.4 Å². The Morgan fingerprint density at radius 2 is 2.03 bits per heavy atom. The first-order chi connectivity index (χ1) is 14.1.